The van der Waals surface area contributed by atoms with Crippen molar-refractivity contribution < 1.29 is 15.0 Å². The van der Waals surface area contributed by atoms with E-state index in [1.807, 2.05) is 30.3 Å². The standard InChI is InChI=1S/C13H10O3/c14-12-7-6-10(8-11(12)13(15)16)9-4-2-1-3-5-9/h1-8,14H,(H,15,16)/p-1. The number of hydrogen-bond acceptors (Lipinski definition) is 2. The lowest BCUT2D eigenvalue weighted by Gasteiger charge is -2.11. The Morgan fingerprint density at radius 2 is 1.69 bits per heavy atom. The van der Waals surface area contributed by atoms with Crippen LogP contribution < -0.4 is 5.11 Å². The van der Waals surface area contributed by atoms with E-state index in [9.17, 15) is 9.90 Å². The van der Waals surface area contributed by atoms with E-state index in [1.165, 1.54) is 12.1 Å². The van der Waals surface area contributed by atoms with Gasteiger partial charge < -0.3 is 10.2 Å². The van der Waals surface area contributed by atoms with Crippen LogP contribution in [0.5, 0.6) is 5.75 Å². The van der Waals surface area contributed by atoms with Crippen LogP contribution in [0.1, 0.15) is 10.4 Å². The van der Waals surface area contributed by atoms with Crippen LogP contribution in [0.15, 0.2) is 48.5 Å². The van der Waals surface area contributed by atoms with Gasteiger partial charge in [0.25, 0.3) is 0 Å². The molecule has 80 valence electrons. The zero-order chi connectivity index (χ0) is 11.5. The Morgan fingerprint density at radius 3 is 2.31 bits per heavy atom. The highest BCUT2D eigenvalue weighted by atomic mass is 16.4. The summed E-state index contributed by atoms with van der Waals surface area (Å²) in [7, 11) is 0. The van der Waals surface area contributed by atoms with Crippen molar-refractivity contribution in [3.05, 3.63) is 54.1 Å². The molecular weight excluding hydrogens is 204 g/mol. The number of carbonyl (C=O) groups is 1. The first-order chi connectivity index (χ1) is 7.68. The van der Waals surface area contributed by atoms with Gasteiger partial charge in [-0.1, -0.05) is 48.2 Å². The summed E-state index contributed by atoms with van der Waals surface area (Å²) in [5.41, 5.74) is 1.43. The van der Waals surface area contributed by atoms with Crippen molar-refractivity contribution in [2.24, 2.45) is 0 Å². The van der Waals surface area contributed by atoms with E-state index < -0.39 is 11.7 Å². The molecule has 0 fully saturated rings. The molecule has 1 N–H and O–H groups in total. The molecule has 0 aliphatic carbocycles. The van der Waals surface area contributed by atoms with Crippen molar-refractivity contribution in [1.29, 1.82) is 0 Å². The van der Waals surface area contributed by atoms with Crippen LogP contribution in [-0.4, -0.2) is 11.1 Å². The minimum Gasteiger partial charge on any atom is -0.872 e. The van der Waals surface area contributed by atoms with Crippen LogP contribution in [0.2, 0.25) is 0 Å². The van der Waals surface area contributed by atoms with E-state index in [0.29, 0.717) is 0 Å². The maximum absolute atomic E-state index is 11.3. The summed E-state index contributed by atoms with van der Waals surface area (Å²) in [6.45, 7) is 0. The third-order valence-corrected chi connectivity index (χ3v) is 2.32. The van der Waals surface area contributed by atoms with Gasteiger partial charge in [0.1, 0.15) is 0 Å². The lowest BCUT2D eigenvalue weighted by Crippen LogP contribution is -2.03. The normalized spacial score (nSPS) is 10.0. The minimum atomic E-state index is -1.19. The summed E-state index contributed by atoms with van der Waals surface area (Å²) in [5.74, 6) is -1.66. The molecule has 3 heteroatoms. The molecule has 0 saturated carbocycles. The van der Waals surface area contributed by atoms with Crippen molar-refractivity contribution in [3.63, 3.8) is 0 Å². The highest BCUT2D eigenvalue weighted by Gasteiger charge is 2.05. The van der Waals surface area contributed by atoms with Crippen LogP contribution in [0.25, 0.3) is 11.1 Å². The molecule has 0 heterocycles. The molecule has 0 atom stereocenters. The van der Waals surface area contributed by atoms with Crippen LogP contribution in [-0.2, 0) is 0 Å². The number of aromatic carboxylic acids is 1. The average molecular weight is 213 g/mol. The van der Waals surface area contributed by atoms with Gasteiger partial charge in [0, 0.05) is 0 Å². The summed E-state index contributed by atoms with van der Waals surface area (Å²) in [5, 5.41) is 20.1. The second-order valence-corrected chi connectivity index (χ2v) is 3.38. The number of carboxylic acids is 1. The predicted octanol–water partition coefficient (Wildman–Crippen LogP) is 2.13. The van der Waals surface area contributed by atoms with Gasteiger partial charge in [0.05, 0.1) is 5.56 Å². The molecule has 0 aliphatic heterocycles. The van der Waals surface area contributed by atoms with Crippen LogP contribution in [0.3, 0.4) is 0 Å². The maximum Gasteiger partial charge on any atom is 0.335 e. The van der Waals surface area contributed by atoms with E-state index >= 15 is 0 Å². The van der Waals surface area contributed by atoms with Crippen LogP contribution >= 0.6 is 0 Å². The van der Waals surface area contributed by atoms with Gasteiger partial charge in [-0.15, -0.1) is 0 Å². The summed E-state index contributed by atoms with van der Waals surface area (Å²) in [6.07, 6.45) is 0. The minimum absolute atomic E-state index is 0.193. The molecule has 0 aliphatic rings. The second kappa shape index (κ2) is 4.06. The average Bonchev–Trinajstić information content (AvgIpc) is 2.30. The smallest absolute Gasteiger partial charge is 0.335 e. The molecule has 2 aromatic rings. The third kappa shape index (κ3) is 1.88. The van der Waals surface area contributed by atoms with Gasteiger partial charge in [-0.25, -0.2) is 4.79 Å². The van der Waals surface area contributed by atoms with Crippen molar-refractivity contribution in [2.45, 2.75) is 0 Å². The molecule has 0 bridgehead atoms. The quantitative estimate of drug-likeness (QED) is 0.831. The fraction of sp³-hybridized carbons (Fsp3) is 0. The van der Waals surface area contributed by atoms with Gasteiger partial charge in [-0.3, -0.25) is 0 Å². The summed E-state index contributed by atoms with van der Waals surface area (Å²) < 4.78 is 0. The van der Waals surface area contributed by atoms with Crippen molar-refractivity contribution in [2.75, 3.05) is 0 Å². The number of hydrogen-bond donors (Lipinski definition) is 1. The van der Waals surface area contributed by atoms with Gasteiger partial charge >= 0.3 is 5.97 Å². The van der Waals surface area contributed by atoms with Gasteiger partial charge in [0.2, 0.25) is 0 Å². The Morgan fingerprint density at radius 1 is 1.00 bits per heavy atom. The zero-order valence-corrected chi connectivity index (χ0v) is 8.38. The highest BCUT2D eigenvalue weighted by molar-refractivity contribution is 5.92. The first-order valence-corrected chi connectivity index (χ1v) is 4.78. The molecule has 0 unspecified atom stereocenters. The Bertz CT molecular complexity index is 518. The monoisotopic (exact) mass is 213 g/mol. The molecular formula is C13H9O3-. The van der Waals surface area contributed by atoms with Crippen LogP contribution in [0, 0.1) is 0 Å². The second-order valence-electron chi connectivity index (χ2n) is 3.38. The molecule has 2 aromatic carbocycles. The van der Waals surface area contributed by atoms with Gasteiger partial charge in [-0.05, 0) is 17.2 Å². The molecule has 2 rings (SSSR count). The Balaban J connectivity index is 2.52. The summed E-state index contributed by atoms with van der Waals surface area (Å²) in [4.78, 5) is 10.8. The summed E-state index contributed by atoms with van der Waals surface area (Å²) in [6, 6.07) is 13.7. The van der Waals surface area contributed by atoms with Crippen molar-refractivity contribution in [1.82, 2.24) is 0 Å². The number of rotatable bonds is 2. The van der Waals surface area contributed by atoms with E-state index in [0.717, 1.165) is 11.1 Å². The first kappa shape index (κ1) is 10.2. The molecule has 0 saturated heterocycles. The summed E-state index contributed by atoms with van der Waals surface area (Å²) >= 11 is 0. The number of benzene rings is 2. The predicted molar refractivity (Wildman–Crippen MR) is 58.3 cm³/mol. The lowest BCUT2D eigenvalue weighted by atomic mass is 10.0. The van der Waals surface area contributed by atoms with E-state index in [1.54, 1.807) is 6.07 Å². The molecule has 3 nitrogen and oxygen atoms in total. The third-order valence-electron chi connectivity index (χ3n) is 2.32. The fourth-order valence-corrected chi connectivity index (χ4v) is 1.51. The largest absolute Gasteiger partial charge is 0.872 e. The molecule has 0 aromatic heterocycles. The lowest BCUT2D eigenvalue weighted by molar-refractivity contribution is -0.268. The fourth-order valence-electron chi connectivity index (χ4n) is 1.51. The zero-order valence-electron chi connectivity index (χ0n) is 8.38. The topological polar surface area (TPSA) is 60.4 Å². The highest BCUT2D eigenvalue weighted by Crippen LogP contribution is 2.24. The van der Waals surface area contributed by atoms with Crippen molar-refractivity contribution >= 4 is 5.97 Å². The maximum atomic E-state index is 11.3. The van der Waals surface area contributed by atoms with Crippen molar-refractivity contribution in [3.8, 4) is 16.9 Å². The van der Waals surface area contributed by atoms with Gasteiger partial charge in [0.15, 0.2) is 0 Å². The first-order valence-electron chi connectivity index (χ1n) is 4.78. The van der Waals surface area contributed by atoms with E-state index in [4.69, 9.17) is 5.11 Å². The van der Waals surface area contributed by atoms with Gasteiger partial charge in [-0.2, -0.15) is 0 Å². The molecule has 0 amide bonds. The SMILES string of the molecule is O=C(O)c1cc(-c2ccccc2)ccc1[O-]. The number of carboxylic acid groups (broad SMARTS) is 1. The molecule has 0 spiro atoms. The Labute approximate surface area is 92.6 Å². The van der Waals surface area contributed by atoms with Crippen LogP contribution in [0.4, 0.5) is 0 Å². The molecule has 16 heavy (non-hydrogen) atoms. The Hall–Kier alpha value is -2.29. The van der Waals surface area contributed by atoms with E-state index in [-0.39, 0.29) is 5.56 Å². The Kier molecular flexibility index (Phi) is 2.60. The van der Waals surface area contributed by atoms with E-state index in [2.05, 4.69) is 0 Å². The molecule has 0 radical (unpaired) electrons.